The van der Waals surface area contributed by atoms with Crippen molar-refractivity contribution in [2.75, 3.05) is 0 Å². The molecule has 0 aromatic heterocycles. The molecule has 0 rings (SSSR count). The Morgan fingerprint density at radius 3 is 1.44 bits per heavy atom. The van der Waals surface area contributed by atoms with Gasteiger partial charge in [0.05, 0.1) is 0 Å². The van der Waals surface area contributed by atoms with Crippen molar-refractivity contribution in [2.24, 2.45) is 22.9 Å². The first-order chi connectivity index (χ1) is 7.28. The first-order valence-electron chi connectivity index (χ1n) is 5.98. The summed E-state index contributed by atoms with van der Waals surface area (Å²) < 4.78 is 0. The summed E-state index contributed by atoms with van der Waals surface area (Å²) in [5.74, 6) is -0.443. The highest BCUT2D eigenvalue weighted by atomic mass is 16.1. The molecule has 0 spiro atoms. The predicted molar refractivity (Wildman–Crippen MR) is 66.3 cm³/mol. The highest BCUT2D eigenvalue weighted by Gasteiger charge is 2.40. The van der Waals surface area contributed by atoms with Crippen LogP contribution in [0.2, 0.25) is 0 Å². The van der Waals surface area contributed by atoms with Crippen molar-refractivity contribution in [3.05, 3.63) is 0 Å². The SMILES string of the molecule is CCCCC(N)(N)C(=O)C(N)(N)CCCC. The fraction of sp³-hybridized carbons (Fsp3) is 0.909. The van der Waals surface area contributed by atoms with Gasteiger partial charge in [0.2, 0.25) is 5.78 Å². The van der Waals surface area contributed by atoms with Crippen molar-refractivity contribution < 1.29 is 4.79 Å². The molecule has 0 aliphatic heterocycles. The van der Waals surface area contributed by atoms with Crippen LogP contribution in [0.3, 0.4) is 0 Å². The van der Waals surface area contributed by atoms with Gasteiger partial charge in [-0.3, -0.25) is 4.79 Å². The van der Waals surface area contributed by atoms with E-state index in [2.05, 4.69) is 0 Å². The van der Waals surface area contributed by atoms with E-state index in [0.717, 1.165) is 25.7 Å². The van der Waals surface area contributed by atoms with Crippen molar-refractivity contribution in [3.63, 3.8) is 0 Å². The molecule has 5 heteroatoms. The molecule has 0 aliphatic rings. The second-order valence-corrected chi connectivity index (χ2v) is 4.62. The Labute approximate surface area is 97.9 Å². The Morgan fingerprint density at radius 1 is 0.875 bits per heavy atom. The molecular formula is C11H26N4O. The Kier molecular flexibility index (Phi) is 6.10. The van der Waals surface area contributed by atoms with Crippen LogP contribution < -0.4 is 22.9 Å². The number of hydrogen-bond donors (Lipinski definition) is 4. The highest BCUT2D eigenvalue weighted by molar-refractivity contribution is 5.95. The van der Waals surface area contributed by atoms with Gasteiger partial charge in [-0.25, -0.2) is 0 Å². The molecule has 0 aromatic carbocycles. The van der Waals surface area contributed by atoms with E-state index in [4.69, 9.17) is 22.9 Å². The molecule has 0 unspecified atom stereocenters. The Bertz CT molecular complexity index is 204. The minimum Gasteiger partial charge on any atom is -0.307 e. The molecule has 0 amide bonds. The van der Waals surface area contributed by atoms with Crippen molar-refractivity contribution in [2.45, 2.75) is 63.7 Å². The minimum atomic E-state index is -1.40. The summed E-state index contributed by atoms with van der Waals surface area (Å²) in [7, 11) is 0. The van der Waals surface area contributed by atoms with Gasteiger partial charge in [0, 0.05) is 0 Å². The van der Waals surface area contributed by atoms with Gasteiger partial charge in [-0.1, -0.05) is 39.5 Å². The monoisotopic (exact) mass is 230 g/mol. The largest absolute Gasteiger partial charge is 0.307 e. The maximum Gasteiger partial charge on any atom is 0.201 e. The fourth-order valence-corrected chi connectivity index (χ4v) is 1.60. The summed E-state index contributed by atoms with van der Waals surface area (Å²) in [4.78, 5) is 12.0. The number of hydrogen-bond acceptors (Lipinski definition) is 5. The number of carbonyl (C=O) groups excluding carboxylic acids is 1. The summed E-state index contributed by atoms with van der Waals surface area (Å²) in [5.41, 5.74) is 20.3. The quantitative estimate of drug-likeness (QED) is 0.443. The normalized spacial score (nSPS) is 12.9. The summed E-state index contributed by atoms with van der Waals surface area (Å²) in [6, 6.07) is 0. The zero-order valence-corrected chi connectivity index (χ0v) is 10.5. The van der Waals surface area contributed by atoms with Gasteiger partial charge in [0.1, 0.15) is 11.3 Å². The second-order valence-electron chi connectivity index (χ2n) is 4.62. The number of Topliss-reactive ketones (excluding diaryl/α,β-unsaturated/α-hetero) is 1. The molecule has 0 saturated carbocycles. The third kappa shape index (κ3) is 4.57. The molecule has 16 heavy (non-hydrogen) atoms. The van der Waals surface area contributed by atoms with Crippen LogP contribution in [0.25, 0.3) is 0 Å². The van der Waals surface area contributed by atoms with Crippen LogP contribution in [-0.4, -0.2) is 17.1 Å². The smallest absolute Gasteiger partial charge is 0.201 e. The molecule has 0 atom stereocenters. The molecule has 0 saturated heterocycles. The van der Waals surface area contributed by atoms with E-state index in [1.807, 2.05) is 13.8 Å². The molecule has 0 radical (unpaired) electrons. The first kappa shape index (κ1) is 15.5. The van der Waals surface area contributed by atoms with E-state index in [9.17, 15) is 4.79 Å². The van der Waals surface area contributed by atoms with Crippen LogP contribution >= 0.6 is 0 Å². The third-order valence-corrected chi connectivity index (χ3v) is 2.73. The fourth-order valence-electron chi connectivity index (χ4n) is 1.60. The molecular weight excluding hydrogens is 204 g/mol. The van der Waals surface area contributed by atoms with Gasteiger partial charge >= 0.3 is 0 Å². The van der Waals surface area contributed by atoms with Gasteiger partial charge in [-0.2, -0.15) is 0 Å². The van der Waals surface area contributed by atoms with Crippen LogP contribution in [0.5, 0.6) is 0 Å². The van der Waals surface area contributed by atoms with Gasteiger partial charge in [0.25, 0.3) is 0 Å². The van der Waals surface area contributed by atoms with E-state index in [1.54, 1.807) is 0 Å². The molecule has 8 N–H and O–H groups in total. The van der Waals surface area contributed by atoms with Gasteiger partial charge < -0.3 is 22.9 Å². The molecule has 0 aromatic rings. The minimum absolute atomic E-state index is 0.421. The summed E-state index contributed by atoms with van der Waals surface area (Å²) in [5, 5.41) is 0. The summed E-state index contributed by atoms with van der Waals surface area (Å²) in [6.45, 7) is 4.02. The number of nitrogens with two attached hydrogens (primary N) is 4. The Balaban J connectivity index is 4.49. The third-order valence-electron chi connectivity index (χ3n) is 2.73. The Hall–Kier alpha value is -0.490. The van der Waals surface area contributed by atoms with Crippen LogP contribution in [0, 0.1) is 0 Å². The van der Waals surface area contributed by atoms with E-state index < -0.39 is 17.1 Å². The highest BCUT2D eigenvalue weighted by Crippen LogP contribution is 2.15. The molecule has 96 valence electrons. The first-order valence-corrected chi connectivity index (χ1v) is 5.98. The van der Waals surface area contributed by atoms with E-state index in [1.165, 1.54) is 0 Å². The van der Waals surface area contributed by atoms with Gasteiger partial charge in [0.15, 0.2) is 0 Å². The van der Waals surface area contributed by atoms with Gasteiger partial charge in [-0.15, -0.1) is 0 Å². The lowest BCUT2D eigenvalue weighted by atomic mass is 9.88. The van der Waals surface area contributed by atoms with Crippen molar-refractivity contribution in [1.82, 2.24) is 0 Å². The topological polar surface area (TPSA) is 121 Å². The van der Waals surface area contributed by atoms with E-state index in [-0.39, 0.29) is 0 Å². The maximum absolute atomic E-state index is 12.0. The van der Waals surface area contributed by atoms with Crippen LogP contribution in [0.4, 0.5) is 0 Å². The average molecular weight is 230 g/mol. The average Bonchev–Trinajstić information content (AvgIpc) is 2.22. The lowest BCUT2D eigenvalue weighted by Gasteiger charge is -2.32. The number of carbonyl (C=O) groups is 1. The zero-order valence-electron chi connectivity index (χ0n) is 10.5. The lowest BCUT2D eigenvalue weighted by Crippen LogP contribution is -2.70. The van der Waals surface area contributed by atoms with E-state index in [0.29, 0.717) is 12.8 Å². The van der Waals surface area contributed by atoms with Crippen molar-refractivity contribution >= 4 is 5.78 Å². The lowest BCUT2D eigenvalue weighted by molar-refractivity contribution is -0.130. The number of unbranched alkanes of at least 4 members (excludes halogenated alkanes) is 2. The standard InChI is InChI=1S/C11H26N4O/c1-3-5-7-10(12,13)9(16)11(14,15)8-6-4-2/h3-8,12-15H2,1-2H3. The van der Waals surface area contributed by atoms with Crippen molar-refractivity contribution in [3.8, 4) is 0 Å². The van der Waals surface area contributed by atoms with E-state index >= 15 is 0 Å². The number of ketones is 1. The second kappa shape index (κ2) is 6.30. The number of rotatable bonds is 8. The summed E-state index contributed by atoms with van der Waals surface area (Å²) in [6.07, 6.45) is 4.29. The van der Waals surface area contributed by atoms with Crippen LogP contribution in [-0.2, 0) is 4.79 Å². The Morgan fingerprint density at radius 2 is 1.19 bits per heavy atom. The van der Waals surface area contributed by atoms with Crippen LogP contribution in [0.15, 0.2) is 0 Å². The summed E-state index contributed by atoms with van der Waals surface area (Å²) >= 11 is 0. The molecule has 0 heterocycles. The zero-order chi connectivity index (χ0) is 12.8. The van der Waals surface area contributed by atoms with Crippen molar-refractivity contribution in [1.29, 1.82) is 0 Å². The van der Waals surface area contributed by atoms with Gasteiger partial charge in [-0.05, 0) is 12.8 Å². The van der Waals surface area contributed by atoms with Crippen LogP contribution in [0.1, 0.15) is 52.4 Å². The maximum atomic E-state index is 12.0. The molecule has 5 nitrogen and oxygen atoms in total. The predicted octanol–water partition coefficient (Wildman–Crippen LogP) is 0.163. The molecule has 0 aliphatic carbocycles. The molecule has 0 bridgehead atoms. The molecule has 0 fully saturated rings.